The summed E-state index contributed by atoms with van der Waals surface area (Å²) < 4.78 is 15.0. The minimum atomic E-state index is -0.299. The molecule has 0 bridgehead atoms. The Kier molecular flexibility index (Phi) is 2.65. The van der Waals surface area contributed by atoms with Crippen molar-refractivity contribution in [3.05, 3.63) is 53.3 Å². The van der Waals surface area contributed by atoms with Crippen molar-refractivity contribution in [1.82, 2.24) is 9.55 Å². The predicted octanol–water partition coefficient (Wildman–Crippen LogP) is 2.93. The first-order chi connectivity index (χ1) is 9.60. The van der Waals surface area contributed by atoms with Gasteiger partial charge >= 0.3 is 0 Å². The van der Waals surface area contributed by atoms with Crippen LogP contribution in [-0.4, -0.2) is 9.55 Å². The van der Waals surface area contributed by atoms with Gasteiger partial charge in [-0.25, -0.2) is 9.37 Å². The maximum atomic E-state index is 13.2. The molecule has 5 heteroatoms. The van der Waals surface area contributed by atoms with E-state index in [9.17, 15) is 4.39 Å². The van der Waals surface area contributed by atoms with Crippen LogP contribution in [0.1, 0.15) is 11.1 Å². The van der Waals surface area contributed by atoms with Crippen LogP contribution in [0.3, 0.4) is 0 Å². The van der Waals surface area contributed by atoms with E-state index in [-0.39, 0.29) is 5.82 Å². The third-order valence-electron chi connectivity index (χ3n) is 3.21. The lowest BCUT2D eigenvalue weighted by Gasteiger charge is -2.10. The van der Waals surface area contributed by atoms with E-state index in [1.54, 1.807) is 35.8 Å². The highest BCUT2D eigenvalue weighted by Crippen LogP contribution is 2.26. The van der Waals surface area contributed by atoms with Crippen LogP contribution < -0.4 is 5.73 Å². The van der Waals surface area contributed by atoms with Crippen LogP contribution in [0.15, 0.2) is 36.4 Å². The number of imidazole rings is 1. The summed E-state index contributed by atoms with van der Waals surface area (Å²) in [5, 5.41) is 9.00. The first kappa shape index (κ1) is 12.2. The molecular weight excluding hydrogens is 255 g/mol. The number of hydrogen-bond acceptors (Lipinski definition) is 3. The molecule has 3 rings (SSSR count). The number of fused-ring (bicyclic) bond motifs is 1. The quantitative estimate of drug-likeness (QED) is 0.736. The van der Waals surface area contributed by atoms with Crippen LogP contribution in [0, 0.1) is 24.1 Å². The lowest BCUT2D eigenvalue weighted by molar-refractivity contribution is 0.626. The molecule has 0 unspecified atom stereocenters. The van der Waals surface area contributed by atoms with Crippen LogP contribution in [0.5, 0.6) is 0 Å². The van der Waals surface area contributed by atoms with Crippen LogP contribution in [-0.2, 0) is 0 Å². The van der Waals surface area contributed by atoms with Crippen molar-refractivity contribution in [3.63, 3.8) is 0 Å². The van der Waals surface area contributed by atoms with Crippen molar-refractivity contribution in [2.45, 2.75) is 6.92 Å². The number of nitriles is 1. The summed E-state index contributed by atoms with van der Waals surface area (Å²) in [7, 11) is 0. The minimum Gasteiger partial charge on any atom is -0.369 e. The SMILES string of the molecule is Cc1cc(F)ccc1-n1c(N)nc2ccc(C#N)cc21. The number of nitrogen functional groups attached to an aromatic ring is 1. The highest BCUT2D eigenvalue weighted by Gasteiger charge is 2.12. The van der Waals surface area contributed by atoms with Crippen LogP contribution in [0.2, 0.25) is 0 Å². The van der Waals surface area contributed by atoms with Gasteiger partial charge in [0.2, 0.25) is 5.95 Å². The highest BCUT2D eigenvalue weighted by atomic mass is 19.1. The lowest BCUT2D eigenvalue weighted by atomic mass is 10.1. The zero-order valence-electron chi connectivity index (χ0n) is 10.8. The highest BCUT2D eigenvalue weighted by molar-refractivity contribution is 5.82. The molecule has 3 aromatic rings. The van der Waals surface area contributed by atoms with Crippen LogP contribution in [0.4, 0.5) is 10.3 Å². The Morgan fingerprint density at radius 2 is 2.05 bits per heavy atom. The van der Waals surface area contributed by atoms with Gasteiger partial charge in [0.25, 0.3) is 0 Å². The fourth-order valence-electron chi connectivity index (χ4n) is 2.29. The number of rotatable bonds is 1. The van der Waals surface area contributed by atoms with Crippen LogP contribution >= 0.6 is 0 Å². The Labute approximate surface area is 114 Å². The fourth-order valence-corrected chi connectivity index (χ4v) is 2.29. The van der Waals surface area contributed by atoms with Crippen molar-refractivity contribution in [2.75, 3.05) is 5.73 Å². The second kappa shape index (κ2) is 4.35. The summed E-state index contributed by atoms with van der Waals surface area (Å²) in [5.74, 6) is 0.0109. The molecule has 0 aliphatic heterocycles. The van der Waals surface area contributed by atoms with Crippen molar-refractivity contribution < 1.29 is 4.39 Å². The van der Waals surface area contributed by atoms with E-state index in [1.165, 1.54) is 12.1 Å². The molecule has 1 aromatic heterocycles. The number of aryl methyl sites for hydroxylation is 1. The third-order valence-corrected chi connectivity index (χ3v) is 3.21. The maximum Gasteiger partial charge on any atom is 0.205 e. The van der Waals surface area contributed by atoms with Gasteiger partial charge in [0, 0.05) is 0 Å². The molecule has 20 heavy (non-hydrogen) atoms. The van der Waals surface area contributed by atoms with Crippen molar-refractivity contribution in [1.29, 1.82) is 5.26 Å². The van der Waals surface area contributed by atoms with Gasteiger partial charge < -0.3 is 5.73 Å². The molecule has 0 fully saturated rings. The molecule has 2 aromatic carbocycles. The summed E-state index contributed by atoms with van der Waals surface area (Å²) in [5.41, 5.74) is 9.42. The summed E-state index contributed by atoms with van der Waals surface area (Å²) in [6.45, 7) is 1.80. The summed E-state index contributed by atoms with van der Waals surface area (Å²) >= 11 is 0. The number of nitrogens with two attached hydrogens (primary N) is 1. The van der Waals surface area contributed by atoms with Gasteiger partial charge in [-0.3, -0.25) is 4.57 Å². The Morgan fingerprint density at radius 1 is 1.25 bits per heavy atom. The van der Waals surface area contributed by atoms with Gasteiger partial charge in [-0.15, -0.1) is 0 Å². The topological polar surface area (TPSA) is 67.6 Å². The first-order valence-corrected chi connectivity index (χ1v) is 6.05. The molecule has 0 radical (unpaired) electrons. The molecule has 1 heterocycles. The average molecular weight is 266 g/mol. The number of anilines is 1. The summed E-state index contributed by atoms with van der Waals surface area (Å²) in [6.07, 6.45) is 0. The summed E-state index contributed by atoms with van der Waals surface area (Å²) in [6, 6.07) is 11.7. The van der Waals surface area contributed by atoms with Crippen molar-refractivity contribution in [3.8, 4) is 11.8 Å². The normalized spacial score (nSPS) is 10.7. The monoisotopic (exact) mass is 266 g/mol. The van der Waals surface area contributed by atoms with E-state index >= 15 is 0 Å². The second-order valence-corrected chi connectivity index (χ2v) is 4.55. The number of aromatic nitrogens is 2. The van der Waals surface area contributed by atoms with E-state index in [1.807, 2.05) is 0 Å². The average Bonchev–Trinajstić information content (AvgIpc) is 2.74. The molecule has 98 valence electrons. The molecule has 0 aliphatic rings. The van der Waals surface area contributed by atoms with E-state index in [2.05, 4.69) is 11.1 Å². The molecule has 0 amide bonds. The standard InChI is InChI=1S/C15H11FN4/c1-9-6-11(16)3-5-13(9)20-14-7-10(8-17)2-4-12(14)19-15(20)18/h2-7H,1H3,(H2,18,19). The van der Waals surface area contributed by atoms with Crippen LogP contribution in [0.25, 0.3) is 16.7 Å². The zero-order chi connectivity index (χ0) is 14.3. The Morgan fingerprint density at radius 3 is 2.75 bits per heavy atom. The molecule has 0 spiro atoms. The molecule has 0 saturated carbocycles. The Balaban J connectivity index is 2.35. The number of hydrogen-bond donors (Lipinski definition) is 1. The lowest BCUT2D eigenvalue weighted by Crippen LogP contribution is -2.02. The van der Waals surface area contributed by atoms with E-state index in [0.29, 0.717) is 17.0 Å². The largest absolute Gasteiger partial charge is 0.369 e. The smallest absolute Gasteiger partial charge is 0.205 e. The van der Waals surface area contributed by atoms with Gasteiger partial charge in [-0.1, -0.05) is 0 Å². The first-order valence-electron chi connectivity index (χ1n) is 6.05. The fraction of sp³-hybridized carbons (Fsp3) is 0.0667. The van der Waals surface area contributed by atoms with E-state index < -0.39 is 0 Å². The zero-order valence-corrected chi connectivity index (χ0v) is 10.8. The van der Waals surface area contributed by atoms with Gasteiger partial charge in [-0.05, 0) is 48.9 Å². The Hall–Kier alpha value is -2.87. The van der Waals surface area contributed by atoms with Crippen molar-refractivity contribution in [2.24, 2.45) is 0 Å². The second-order valence-electron chi connectivity index (χ2n) is 4.55. The number of benzene rings is 2. The molecule has 0 aliphatic carbocycles. The molecule has 0 saturated heterocycles. The summed E-state index contributed by atoms with van der Waals surface area (Å²) in [4.78, 5) is 4.27. The molecule has 4 nitrogen and oxygen atoms in total. The van der Waals surface area contributed by atoms with Gasteiger partial charge in [0.15, 0.2) is 0 Å². The van der Waals surface area contributed by atoms with Crippen molar-refractivity contribution >= 4 is 17.0 Å². The van der Waals surface area contributed by atoms with E-state index in [0.717, 1.165) is 16.8 Å². The number of halogens is 1. The molecule has 2 N–H and O–H groups in total. The number of nitrogens with zero attached hydrogens (tertiary/aromatic N) is 3. The maximum absolute atomic E-state index is 13.2. The van der Waals surface area contributed by atoms with Gasteiger partial charge in [-0.2, -0.15) is 5.26 Å². The Bertz CT molecular complexity index is 858. The minimum absolute atomic E-state index is 0.299. The van der Waals surface area contributed by atoms with Gasteiger partial charge in [0.1, 0.15) is 5.82 Å². The molecule has 0 atom stereocenters. The van der Waals surface area contributed by atoms with Gasteiger partial charge in [0.05, 0.1) is 28.4 Å². The van der Waals surface area contributed by atoms with E-state index in [4.69, 9.17) is 11.0 Å². The predicted molar refractivity (Wildman–Crippen MR) is 74.9 cm³/mol. The molecular formula is C15H11FN4. The third kappa shape index (κ3) is 1.79.